The van der Waals surface area contributed by atoms with Gasteiger partial charge < -0.3 is 9.30 Å². The predicted molar refractivity (Wildman–Crippen MR) is 92.3 cm³/mol. The first-order valence-corrected chi connectivity index (χ1v) is 8.06. The van der Waals surface area contributed by atoms with Gasteiger partial charge in [-0.2, -0.15) is 0 Å². The van der Waals surface area contributed by atoms with Crippen molar-refractivity contribution in [2.24, 2.45) is 5.41 Å². The van der Waals surface area contributed by atoms with Crippen LogP contribution in [0.3, 0.4) is 0 Å². The molecule has 4 rings (SSSR count). The summed E-state index contributed by atoms with van der Waals surface area (Å²) in [5.41, 5.74) is 4.21. The molecule has 0 radical (unpaired) electrons. The number of fused-ring (bicyclic) bond motifs is 1. The van der Waals surface area contributed by atoms with E-state index < -0.39 is 0 Å². The smallest absolute Gasteiger partial charge is 0.202 e. The van der Waals surface area contributed by atoms with Crippen molar-refractivity contribution in [1.82, 2.24) is 9.55 Å². The summed E-state index contributed by atoms with van der Waals surface area (Å²) in [5, 5.41) is 0. The van der Waals surface area contributed by atoms with Gasteiger partial charge in [-0.15, -0.1) is 0 Å². The number of rotatable bonds is 2. The summed E-state index contributed by atoms with van der Waals surface area (Å²) in [6, 6.07) is 10.6. The number of pyridine rings is 1. The van der Waals surface area contributed by atoms with Crippen LogP contribution in [0.1, 0.15) is 13.8 Å². The minimum Gasteiger partial charge on any atom is -0.478 e. The first-order valence-electron chi connectivity index (χ1n) is 8.06. The summed E-state index contributed by atoms with van der Waals surface area (Å²) in [6.07, 6.45) is 5.67. The first-order chi connectivity index (χ1) is 11.5. The van der Waals surface area contributed by atoms with Gasteiger partial charge in [-0.05, 0) is 35.4 Å². The van der Waals surface area contributed by atoms with Crippen LogP contribution in [-0.2, 0) is 6.54 Å². The maximum atomic E-state index is 13.3. The van der Waals surface area contributed by atoms with Gasteiger partial charge in [0.1, 0.15) is 5.82 Å². The van der Waals surface area contributed by atoms with Crippen molar-refractivity contribution in [3.05, 3.63) is 60.8 Å². The van der Waals surface area contributed by atoms with Crippen LogP contribution >= 0.6 is 0 Å². The standard InChI is InChI=1S/C20H19FN2O/c1-20(2)12-23-11-17(14-3-5-16(21)6-4-14)18(19(23)24-13-20)15-7-9-22-10-8-15/h3-11H,12-13H2,1-2H3. The van der Waals surface area contributed by atoms with E-state index in [4.69, 9.17) is 4.74 Å². The van der Waals surface area contributed by atoms with Crippen molar-refractivity contribution >= 4 is 0 Å². The quantitative estimate of drug-likeness (QED) is 0.679. The Labute approximate surface area is 140 Å². The zero-order chi connectivity index (χ0) is 16.7. The fraction of sp³-hybridized carbons (Fsp3) is 0.250. The van der Waals surface area contributed by atoms with Crippen molar-refractivity contribution in [3.63, 3.8) is 0 Å². The first kappa shape index (κ1) is 14.9. The topological polar surface area (TPSA) is 27.1 Å². The molecule has 24 heavy (non-hydrogen) atoms. The highest BCUT2D eigenvalue weighted by Gasteiger charge is 2.30. The molecule has 0 atom stereocenters. The molecule has 0 N–H and O–H groups in total. The van der Waals surface area contributed by atoms with E-state index in [1.165, 1.54) is 12.1 Å². The molecule has 122 valence electrons. The average molecular weight is 322 g/mol. The fourth-order valence-corrected chi connectivity index (χ4v) is 3.23. The van der Waals surface area contributed by atoms with Crippen LogP contribution < -0.4 is 4.74 Å². The second-order valence-corrected chi connectivity index (χ2v) is 7.05. The Balaban J connectivity index is 1.93. The summed E-state index contributed by atoms with van der Waals surface area (Å²) >= 11 is 0. The van der Waals surface area contributed by atoms with Crippen LogP contribution in [0.25, 0.3) is 22.3 Å². The Bertz CT molecular complexity index is 867. The minimum absolute atomic E-state index is 0.0849. The molecule has 1 aromatic carbocycles. The molecule has 4 heteroatoms. The van der Waals surface area contributed by atoms with Crippen LogP contribution in [-0.4, -0.2) is 16.2 Å². The van der Waals surface area contributed by atoms with Crippen LogP contribution in [0.4, 0.5) is 4.39 Å². The van der Waals surface area contributed by atoms with Crippen molar-refractivity contribution in [3.8, 4) is 28.1 Å². The Morgan fingerprint density at radius 2 is 1.75 bits per heavy atom. The third-order valence-corrected chi connectivity index (χ3v) is 4.35. The summed E-state index contributed by atoms with van der Waals surface area (Å²) in [5.74, 6) is 0.644. The fourth-order valence-electron chi connectivity index (χ4n) is 3.23. The van der Waals surface area contributed by atoms with E-state index in [9.17, 15) is 4.39 Å². The molecule has 0 spiro atoms. The normalized spacial score (nSPS) is 15.6. The Morgan fingerprint density at radius 1 is 1.04 bits per heavy atom. The Morgan fingerprint density at radius 3 is 2.46 bits per heavy atom. The summed E-state index contributed by atoms with van der Waals surface area (Å²) in [4.78, 5) is 4.11. The van der Waals surface area contributed by atoms with Gasteiger partial charge in [-0.1, -0.05) is 26.0 Å². The molecule has 0 unspecified atom stereocenters. The number of nitrogens with zero attached hydrogens (tertiary/aromatic N) is 2. The molecule has 3 heterocycles. The summed E-state index contributed by atoms with van der Waals surface area (Å²) in [7, 11) is 0. The molecule has 0 saturated heterocycles. The lowest BCUT2D eigenvalue weighted by molar-refractivity contribution is 0.110. The Kier molecular flexibility index (Phi) is 3.41. The second-order valence-electron chi connectivity index (χ2n) is 7.05. The molecule has 3 nitrogen and oxygen atoms in total. The zero-order valence-electron chi connectivity index (χ0n) is 13.8. The van der Waals surface area contributed by atoms with E-state index >= 15 is 0 Å². The van der Waals surface area contributed by atoms with Gasteiger partial charge in [-0.25, -0.2) is 4.39 Å². The van der Waals surface area contributed by atoms with Gasteiger partial charge in [0.2, 0.25) is 5.88 Å². The van der Waals surface area contributed by atoms with Gasteiger partial charge in [0.25, 0.3) is 0 Å². The van der Waals surface area contributed by atoms with Crippen LogP contribution in [0, 0.1) is 11.2 Å². The van der Waals surface area contributed by atoms with E-state index in [1.54, 1.807) is 12.4 Å². The molecule has 0 aliphatic carbocycles. The minimum atomic E-state index is -0.231. The molecular formula is C20H19FN2O. The Hall–Kier alpha value is -2.62. The molecule has 3 aromatic rings. The largest absolute Gasteiger partial charge is 0.478 e. The third kappa shape index (κ3) is 2.58. The highest BCUT2D eigenvalue weighted by atomic mass is 19.1. The number of ether oxygens (including phenoxy) is 1. The van der Waals surface area contributed by atoms with Crippen LogP contribution in [0.5, 0.6) is 5.88 Å². The average Bonchev–Trinajstić information content (AvgIpc) is 2.93. The molecule has 1 aliphatic rings. The molecule has 0 fully saturated rings. The third-order valence-electron chi connectivity index (χ3n) is 4.35. The maximum absolute atomic E-state index is 13.3. The van der Waals surface area contributed by atoms with E-state index in [0.29, 0.717) is 6.61 Å². The lowest BCUT2D eigenvalue weighted by Crippen LogP contribution is -2.32. The van der Waals surface area contributed by atoms with Gasteiger partial charge in [0.15, 0.2) is 0 Å². The van der Waals surface area contributed by atoms with Gasteiger partial charge in [0.05, 0.1) is 12.2 Å². The predicted octanol–water partition coefficient (Wildman–Crippen LogP) is 4.77. The molecule has 1 aliphatic heterocycles. The van der Waals surface area contributed by atoms with Crippen molar-refractivity contribution in [2.45, 2.75) is 20.4 Å². The highest BCUT2D eigenvalue weighted by Crippen LogP contribution is 2.44. The number of benzene rings is 1. The molecular weight excluding hydrogens is 303 g/mol. The van der Waals surface area contributed by atoms with E-state index in [-0.39, 0.29) is 11.2 Å². The molecule has 0 amide bonds. The van der Waals surface area contributed by atoms with Crippen molar-refractivity contribution in [1.29, 1.82) is 0 Å². The van der Waals surface area contributed by atoms with Gasteiger partial charge in [0, 0.05) is 36.1 Å². The summed E-state index contributed by atoms with van der Waals surface area (Å²) < 4.78 is 21.6. The number of hydrogen-bond acceptors (Lipinski definition) is 2. The van der Waals surface area contributed by atoms with Gasteiger partial charge >= 0.3 is 0 Å². The van der Waals surface area contributed by atoms with E-state index in [2.05, 4.69) is 29.6 Å². The number of halogens is 1. The van der Waals surface area contributed by atoms with Crippen LogP contribution in [0.15, 0.2) is 55.0 Å². The highest BCUT2D eigenvalue weighted by molar-refractivity contribution is 5.87. The monoisotopic (exact) mass is 322 g/mol. The second kappa shape index (κ2) is 5.48. The SMILES string of the molecule is CC1(C)COc2c(-c3ccncc3)c(-c3ccc(F)cc3)cn2C1. The summed E-state index contributed by atoms with van der Waals surface area (Å²) in [6.45, 7) is 5.96. The number of hydrogen-bond donors (Lipinski definition) is 0. The lowest BCUT2D eigenvalue weighted by Gasteiger charge is -2.31. The van der Waals surface area contributed by atoms with Gasteiger partial charge in [-0.3, -0.25) is 4.98 Å². The lowest BCUT2D eigenvalue weighted by atomic mass is 9.94. The zero-order valence-corrected chi connectivity index (χ0v) is 13.8. The van der Waals surface area contributed by atoms with Crippen LogP contribution in [0.2, 0.25) is 0 Å². The number of aromatic nitrogens is 2. The maximum Gasteiger partial charge on any atom is 0.202 e. The van der Waals surface area contributed by atoms with Crippen molar-refractivity contribution in [2.75, 3.05) is 6.61 Å². The molecule has 2 aromatic heterocycles. The van der Waals surface area contributed by atoms with E-state index in [1.807, 2.05) is 24.3 Å². The molecule has 0 bridgehead atoms. The van der Waals surface area contributed by atoms with Crippen molar-refractivity contribution < 1.29 is 9.13 Å². The molecule has 0 saturated carbocycles. The van der Waals surface area contributed by atoms with E-state index in [0.717, 1.165) is 34.7 Å².